The fraction of sp³-hybridized carbons (Fsp3) is 0.250. The van der Waals surface area contributed by atoms with Crippen molar-refractivity contribution in [1.82, 2.24) is 5.32 Å². The van der Waals surface area contributed by atoms with Gasteiger partial charge in [0, 0.05) is 0 Å². The topological polar surface area (TPSA) is 41.5 Å². The highest BCUT2D eigenvalue weighted by Gasteiger charge is 2.17. The molecular formula is C8H8N2OS. The Hall–Kier alpha value is -1.16. The molecule has 1 aliphatic rings. The van der Waals surface area contributed by atoms with Gasteiger partial charge in [-0.15, -0.1) is 11.3 Å². The van der Waals surface area contributed by atoms with Crippen molar-refractivity contribution >= 4 is 23.5 Å². The third-order valence-corrected chi connectivity index (χ3v) is 2.56. The van der Waals surface area contributed by atoms with Crippen LogP contribution in [0.15, 0.2) is 22.5 Å². The molecule has 2 rings (SSSR count). The maximum absolute atomic E-state index is 10.4. The highest BCUT2D eigenvalue weighted by Crippen LogP contribution is 2.11. The Labute approximate surface area is 74.1 Å². The number of hydrogen-bond donors (Lipinski definition) is 1. The minimum Gasteiger partial charge on any atom is -0.358 e. The molecular weight excluding hydrogens is 172 g/mol. The zero-order chi connectivity index (χ0) is 8.39. The van der Waals surface area contributed by atoms with Crippen LogP contribution in [0, 0.1) is 0 Å². The number of rotatable bonds is 2. The predicted molar refractivity (Wildman–Crippen MR) is 48.7 cm³/mol. The van der Waals surface area contributed by atoms with Crippen molar-refractivity contribution in [2.75, 3.05) is 6.54 Å². The second-order valence-electron chi connectivity index (χ2n) is 2.55. The van der Waals surface area contributed by atoms with Gasteiger partial charge in [0.25, 0.3) is 0 Å². The van der Waals surface area contributed by atoms with Crippen LogP contribution in [0.1, 0.15) is 4.88 Å². The van der Waals surface area contributed by atoms with E-state index in [2.05, 4.69) is 10.3 Å². The Bertz CT molecular complexity index is 305. The number of carbonyl (C=O) groups excluding carboxylic acids is 1. The smallest absolute Gasteiger partial charge is 0.144 e. The van der Waals surface area contributed by atoms with Gasteiger partial charge in [0.1, 0.15) is 18.2 Å². The first-order valence-electron chi connectivity index (χ1n) is 3.70. The summed E-state index contributed by atoms with van der Waals surface area (Å²) < 4.78 is 0. The first kappa shape index (κ1) is 7.49. The molecule has 0 radical (unpaired) electrons. The summed E-state index contributed by atoms with van der Waals surface area (Å²) >= 11 is 1.62. The Morgan fingerprint density at radius 1 is 1.75 bits per heavy atom. The van der Waals surface area contributed by atoms with E-state index in [1.165, 1.54) is 0 Å². The van der Waals surface area contributed by atoms with Crippen molar-refractivity contribution in [3.63, 3.8) is 0 Å². The minimum atomic E-state index is -0.123. The lowest BCUT2D eigenvalue weighted by atomic mass is 10.3. The summed E-state index contributed by atoms with van der Waals surface area (Å²) in [5.41, 5.74) is 0. The van der Waals surface area contributed by atoms with E-state index in [-0.39, 0.29) is 6.04 Å². The highest BCUT2D eigenvalue weighted by molar-refractivity contribution is 7.12. The first-order chi connectivity index (χ1) is 5.90. The molecule has 0 saturated carbocycles. The van der Waals surface area contributed by atoms with Crippen LogP contribution in [0.5, 0.6) is 0 Å². The Kier molecular flexibility index (Phi) is 1.91. The highest BCUT2D eigenvalue weighted by atomic mass is 32.1. The normalized spacial score (nSPS) is 21.7. The summed E-state index contributed by atoms with van der Waals surface area (Å²) in [6.45, 7) is 0.566. The number of aldehydes is 1. The van der Waals surface area contributed by atoms with Gasteiger partial charge < -0.3 is 10.1 Å². The SMILES string of the molecule is O=CC1CN=C(c2cccs2)N1. The summed E-state index contributed by atoms with van der Waals surface area (Å²) in [6, 6.07) is 3.84. The lowest BCUT2D eigenvalue weighted by molar-refractivity contribution is -0.108. The Morgan fingerprint density at radius 3 is 3.25 bits per heavy atom. The van der Waals surface area contributed by atoms with Crippen molar-refractivity contribution in [1.29, 1.82) is 0 Å². The summed E-state index contributed by atoms with van der Waals surface area (Å²) in [5.74, 6) is 0.849. The van der Waals surface area contributed by atoms with E-state index in [9.17, 15) is 4.79 Å². The largest absolute Gasteiger partial charge is 0.358 e. The van der Waals surface area contributed by atoms with Crippen molar-refractivity contribution in [3.8, 4) is 0 Å². The van der Waals surface area contributed by atoms with E-state index in [1.807, 2.05) is 17.5 Å². The number of nitrogens with zero attached hydrogens (tertiary/aromatic N) is 1. The number of aliphatic imine (C=N–C) groups is 1. The summed E-state index contributed by atoms with van der Waals surface area (Å²) in [7, 11) is 0. The molecule has 1 aromatic rings. The van der Waals surface area contributed by atoms with Crippen LogP contribution in [0.25, 0.3) is 0 Å². The molecule has 0 aromatic carbocycles. The third-order valence-electron chi connectivity index (χ3n) is 1.69. The fourth-order valence-corrected chi connectivity index (χ4v) is 1.79. The average Bonchev–Trinajstić information content (AvgIpc) is 2.75. The summed E-state index contributed by atoms with van der Waals surface area (Å²) in [5, 5.41) is 5.03. The maximum atomic E-state index is 10.4. The van der Waals surface area contributed by atoms with Gasteiger partial charge in [0.15, 0.2) is 0 Å². The quantitative estimate of drug-likeness (QED) is 0.679. The molecule has 0 fully saturated rings. The predicted octanol–water partition coefficient (Wildman–Crippen LogP) is 0.665. The minimum absolute atomic E-state index is 0.123. The average molecular weight is 180 g/mol. The van der Waals surface area contributed by atoms with Crippen LogP contribution in [0.4, 0.5) is 0 Å². The second kappa shape index (κ2) is 3.06. The maximum Gasteiger partial charge on any atom is 0.144 e. The molecule has 62 valence electrons. The number of amidine groups is 1. The van der Waals surface area contributed by atoms with Crippen molar-refractivity contribution in [2.24, 2.45) is 4.99 Å². The van der Waals surface area contributed by atoms with Gasteiger partial charge >= 0.3 is 0 Å². The zero-order valence-corrected chi connectivity index (χ0v) is 7.17. The fourth-order valence-electron chi connectivity index (χ4n) is 1.10. The molecule has 3 nitrogen and oxygen atoms in total. The van der Waals surface area contributed by atoms with Crippen molar-refractivity contribution in [3.05, 3.63) is 22.4 Å². The van der Waals surface area contributed by atoms with Crippen LogP contribution in [-0.2, 0) is 4.79 Å². The van der Waals surface area contributed by atoms with Crippen LogP contribution in [-0.4, -0.2) is 24.7 Å². The van der Waals surface area contributed by atoms with E-state index < -0.39 is 0 Å². The van der Waals surface area contributed by atoms with E-state index in [0.717, 1.165) is 17.0 Å². The van der Waals surface area contributed by atoms with Gasteiger partial charge in [0.2, 0.25) is 0 Å². The summed E-state index contributed by atoms with van der Waals surface area (Å²) in [6.07, 6.45) is 0.893. The summed E-state index contributed by atoms with van der Waals surface area (Å²) in [4.78, 5) is 15.7. The molecule has 0 bridgehead atoms. The molecule has 2 heterocycles. The van der Waals surface area contributed by atoms with Crippen LogP contribution >= 0.6 is 11.3 Å². The lowest BCUT2D eigenvalue weighted by Gasteiger charge is -2.01. The third kappa shape index (κ3) is 1.25. The molecule has 1 unspecified atom stereocenters. The molecule has 12 heavy (non-hydrogen) atoms. The molecule has 0 spiro atoms. The Morgan fingerprint density at radius 2 is 2.67 bits per heavy atom. The molecule has 1 aliphatic heterocycles. The van der Waals surface area contributed by atoms with Crippen LogP contribution in [0.2, 0.25) is 0 Å². The molecule has 1 atom stereocenters. The van der Waals surface area contributed by atoms with E-state index >= 15 is 0 Å². The number of thiophene rings is 1. The van der Waals surface area contributed by atoms with Gasteiger partial charge in [-0.25, -0.2) is 0 Å². The van der Waals surface area contributed by atoms with Crippen LogP contribution in [0.3, 0.4) is 0 Å². The zero-order valence-electron chi connectivity index (χ0n) is 6.36. The van der Waals surface area contributed by atoms with Gasteiger partial charge in [0.05, 0.1) is 11.4 Å². The molecule has 0 aliphatic carbocycles. The number of hydrogen-bond acceptors (Lipinski definition) is 4. The van der Waals surface area contributed by atoms with Crippen molar-refractivity contribution < 1.29 is 4.79 Å². The lowest BCUT2D eigenvalue weighted by Crippen LogP contribution is -2.31. The van der Waals surface area contributed by atoms with E-state index in [4.69, 9.17) is 0 Å². The Balaban J connectivity index is 2.14. The van der Waals surface area contributed by atoms with E-state index in [1.54, 1.807) is 11.3 Å². The van der Waals surface area contributed by atoms with Gasteiger partial charge in [-0.1, -0.05) is 6.07 Å². The van der Waals surface area contributed by atoms with E-state index in [0.29, 0.717) is 6.54 Å². The van der Waals surface area contributed by atoms with Gasteiger partial charge in [-0.3, -0.25) is 4.99 Å². The number of nitrogens with one attached hydrogen (secondary N) is 1. The number of carbonyl (C=O) groups is 1. The molecule has 1 N–H and O–H groups in total. The van der Waals surface area contributed by atoms with Gasteiger partial charge in [-0.05, 0) is 11.4 Å². The van der Waals surface area contributed by atoms with Crippen molar-refractivity contribution in [2.45, 2.75) is 6.04 Å². The molecule has 4 heteroatoms. The molecule has 0 saturated heterocycles. The molecule has 0 amide bonds. The standard InChI is InChI=1S/C8H8N2OS/c11-5-6-4-9-8(10-6)7-2-1-3-12-7/h1-3,5-6H,4H2,(H,9,10). The first-order valence-corrected chi connectivity index (χ1v) is 4.58. The molecule has 1 aromatic heterocycles. The van der Waals surface area contributed by atoms with Gasteiger partial charge in [-0.2, -0.15) is 0 Å². The second-order valence-corrected chi connectivity index (χ2v) is 3.50. The van der Waals surface area contributed by atoms with Crippen LogP contribution < -0.4 is 5.32 Å². The monoisotopic (exact) mass is 180 g/mol.